The van der Waals surface area contributed by atoms with E-state index in [0.717, 1.165) is 33.5 Å². The van der Waals surface area contributed by atoms with E-state index in [9.17, 15) is 0 Å². The summed E-state index contributed by atoms with van der Waals surface area (Å²) in [5, 5.41) is 4.93. The number of benzene rings is 9. The molecule has 278 valence electrons. The van der Waals surface area contributed by atoms with Gasteiger partial charge in [0.1, 0.15) is 0 Å². The average molecular weight is 753 g/mol. The minimum absolute atomic E-state index is 0.122. The molecule has 0 radical (unpaired) electrons. The Labute approximate surface area is 345 Å². The van der Waals surface area contributed by atoms with E-state index >= 15 is 0 Å². The van der Waals surface area contributed by atoms with Gasteiger partial charge in [-0.15, -0.1) is 0 Å². The first-order valence-electron chi connectivity index (χ1n) is 20.4. The first-order valence-corrected chi connectivity index (χ1v) is 20.4. The third-order valence-electron chi connectivity index (χ3n) is 12.3. The van der Waals surface area contributed by atoms with Crippen molar-refractivity contribution in [2.75, 3.05) is 0 Å². The number of hydrogen-bond donors (Lipinski definition) is 0. The second-order valence-corrected chi connectivity index (χ2v) is 16.2. The second-order valence-electron chi connectivity index (χ2n) is 16.2. The van der Waals surface area contributed by atoms with Crippen LogP contribution >= 0.6 is 0 Å². The molecule has 0 N–H and O–H groups in total. The fourth-order valence-electron chi connectivity index (χ4n) is 9.32. The van der Waals surface area contributed by atoms with Gasteiger partial charge in [0.25, 0.3) is 0 Å². The van der Waals surface area contributed by atoms with Crippen LogP contribution in [-0.4, -0.2) is 9.97 Å². The summed E-state index contributed by atoms with van der Waals surface area (Å²) in [7, 11) is 0. The normalized spacial score (nSPS) is 12.7. The third-order valence-corrected chi connectivity index (χ3v) is 12.3. The van der Waals surface area contributed by atoms with Crippen LogP contribution in [-0.2, 0) is 5.41 Å². The molecule has 0 unspecified atom stereocenters. The highest BCUT2D eigenvalue weighted by Crippen LogP contribution is 2.53. The zero-order chi connectivity index (χ0) is 39.5. The van der Waals surface area contributed by atoms with E-state index in [-0.39, 0.29) is 5.41 Å². The number of fused-ring (bicyclic) bond motifs is 5. The molecule has 0 fully saturated rings. The molecular weight excluding hydrogens is 713 g/mol. The molecule has 1 heterocycles. The molecule has 0 aliphatic heterocycles. The van der Waals surface area contributed by atoms with Crippen molar-refractivity contribution in [2.45, 2.75) is 19.3 Å². The molecule has 9 aromatic carbocycles. The molecule has 1 aliphatic rings. The molecule has 0 amide bonds. The minimum atomic E-state index is -0.122. The standard InChI is InChI=1S/C57H40N2/c1-57(2)52-35-44-19-10-9-18-43(44)34-51(52)50-23-13-22-46(55(50)57)40-28-26-39(27-29-40)45-32-33-49(48-21-12-11-20-47(45)48)54-36-53(58-56(59-54)42-16-7-4-8-17-42)41-30-24-38(25-31-41)37-14-5-3-6-15-37/h3-36H,1-2H3. The van der Waals surface area contributed by atoms with Crippen LogP contribution in [0.15, 0.2) is 206 Å². The Morgan fingerprint density at radius 2 is 0.831 bits per heavy atom. The summed E-state index contributed by atoms with van der Waals surface area (Å²) in [6.45, 7) is 4.76. The molecule has 0 atom stereocenters. The van der Waals surface area contributed by atoms with Crippen molar-refractivity contribution in [3.05, 3.63) is 217 Å². The maximum absolute atomic E-state index is 5.22. The van der Waals surface area contributed by atoms with E-state index in [1.54, 1.807) is 0 Å². The number of rotatable bonds is 6. The predicted octanol–water partition coefficient (Wildman–Crippen LogP) is 15.1. The molecule has 0 saturated carbocycles. The van der Waals surface area contributed by atoms with Crippen LogP contribution < -0.4 is 0 Å². The molecule has 1 aromatic heterocycles. The lowest BCUT2D eigenvalue weighted by Crippen LogP contribution is -2.16. The summed E-state index contributed by atoms with van der Waals surface area (Å²) in [5.41, 5.74) is 17.6. The van der Waals surface area contributed by atoms with Gasteiger partial charge in [0, 0.05) is 22.1 Å². The van der Waals surface area contributed by atoms with Gasteiger partial charge in [-0.1, -0.05) is 202 Å². The quantitative estimate of drug-likeness (QED) is 0.169. The van der Waals surface area contributed by atoms with Gasteiger partial charge in [0.15, 0.2) is 5.82 Å². The number of hydrogen-bond acceptors (Lipinski definition) is 2. The van der Waals surface area contributed by atoms with Gasteiger partial charge in [0.05, 0.1) is 11.4 Å². The largest absolute Gasteiger partial charge is 0.228 e. The maximum atomic E-state index is 5.22. The lowest BCUT2D eigenvalue weighted by Gasteiger charge is -2.25. The van der Waals surface area contributed by atoms with E-state index in [2.05, 4.69) is 202 Å². The summed E-state index contributed by atoms with van der Waals surface area (Å²) < 4.78 is 0. The number of nitrogens with zero attached hydrogens (tertiary/aromatic N) is 2. The summed E-state index contributed by atoms with van der Waals surface area (Å²) in [6.07, 6.45) is 0. The SMILES string of the molecule is CC1(C)c2cc3ccccc3cc2-c2cccc(-c3ccc(-c4ccc(-c5cc(-c6ccc(-c7ccccc7)cc6)nc(-c6ccccc6)n5)c5ccccc45)cc3)c21. The van der Waals surface area contributed by atoms with E-state index in [0.29, 0.717) is 5.82 Å². The molecule has 10 aromatic rings. The molecule has 11 rings (SSSR count). The third kappa shape index (κ3) is 5.96. The van der Waals surface area contributed by atoms with Crippen molar-refractivity contribution >= 4 is 21.5 Å². The first-order chi connectivity index (χ1) is 29.0. The van der Waals surface area contributed by atoms with Gasteiger partial charge in [0.2, 0.25) is 0 Å². The Hall–Kier alpha value is -7.42. The topological polar surface area (TPSA) is 25.8 Å². The van der Waals surface area contributed by atoms with Gasteiger partial charge in [-0.2, -0.15) is 0 Å². The lowest BCUT2D eigenvalue weighted by molar-refractivity contribution is 0.663. The Morgan fingerprint density at radius 1 is 0.322 bits per heavy atom. The highest BCUT2D eigenvalue weighted by atomic mass is 14.9. The molecule has 59 heavy (non-hydrogen) atoms. The van der Waals surface area contributed by atoms with Crippen molar-refractivity contribution in [1.82, 2.24) is 9.97 Å². The highest BCUT2D eigenvalue weighted by molar-refractivity contribution is 6.05. The fraction of sp³-hybridized carbons (Fsp3) is 0.0526. The molecule has 1 aliphatic carbocycles. The fourth-order valence-corrected chi connectivity index (χ4v) is 9.32. The predicted molar refractivity (Wildman–Crippen MR) is 247 cm³/mol. The van der Waals surface area contributed by atoms with Crippen LogP contribution in [0.2, 0.25) is 0 Å². The van der Waals surface area contributed by atoms with E-state index in [4.69, 9.17) is 9.97 Å². The first kappa shape index (κ1) is 34.8. The Kier molecular flexibility index (Phi) is 8.20. The molecule has 2 nitrogen and oxygen atoms in total. The molecule has 0 bridgehead atoms. The molecular formula is C57H40N2. The van der Waals surface area contributed by atoms with Gasteiger partial charge in [-0.25, -0.2) is 9.97 Å². The minimum Gasteiger partial charge on any atom is -0.228 e. The molecule has 2 heteroatoms. The summed E-state index contributed by atoms with van der Waals surface area (Å²) in [5.74, 6) is 0.709. The summed E-state index contributed by atoms with van der Waals surface area (Å²) >= 11 is 0. The number of aromatic nitrogens is 2. The van der Waals surface area contributed by atoms with Crippen molar-refractivity contribution < 1.29 is 0 Å². The summed E-state index contributed by atoms with van der Waals surface area (Å²) in [6, 6.07) is 74.3. The van der Waals surface area contributed by atoms with Crippen LogP contribution in [0, 0.1) is 0 Å². The Balaban J connectivity index is 0.981. The average Bonchev–Trinajstić information content (AvgIpc) is 3.53. The Morgan fingerprint density at radius 3 is 1.54 bits per heavy atom. The van der Waals surface area contributed by atoms with E-state index < -0.39 is 0 Å². The van der Waals surface area contributed by atoms with Crippen molar-refractivity contribution in [3.8, 4) is 78.4 Å². The summed E-state index contributed by atoms with van der Waals surface area (Å²) in [4.78, 5) is 10.3. The van der Waals surface area contributed by atoms with E-state index in [1.807, 2.05) is 18.2 Å². The molecule has 0 saturated heterocycles. The van der Waals surface area contributed by atoms with E-state index in [1.165, 1.54) is 71.8 Å². The maximum Gasteiger partial charge on any atom is 0.160 e. The van der Waals surface area contributed by atoms with Crippen molar-refractivity contribution in [2.24, 2.45) is 0 Å². The second kappa shape index (κ2) is 13.9. The van der Waals surface area contributed by atoms with Crippen LogP contribution in [0.5, 0.6) is 0 Å². The van der Waals surface area contributed by atoms with Crippen LogP contribution in [0.25, 0.3) is 100.0 Å². The smallest absolute Gasteiger partial charge is 0.160 e. The van der Waals surface area contributed by atoms with Gasteiger partial charge in [-0.05, 0) is 95.4 Å². The molecule has 0 spiro atoms. The Bertz CT molecular complexity index is 3200. The van der Waals surface area contributed by atoms with Crippen LogP contribution in [0.4, 0.5) is 0 Å². The van der Waals surface area contributed by atoms with Crippen LogP contribution in [0.1, 0.15) is 25.0 Å². The zero-order valence-corrected chi connectivity index (χ0v) is 33.0. The highest BCUT2D eigenvalue weighted by Gasteiger charge is 2.37. The van der Waals surface area contributed by atoms with Crippen molar-refractivity contribution in [3.63, 3.8) is 0 Å². The van der Waals surface area contributed by atoms with Crippen LogP contribution in [0.3, 0.4) is 0 Å². The van der Waals surface area contributed by atoms with Gasteiger partial charge >= 0.3 is 0 Å². The lowest BCUT2D eigenvalue weighted by atomic mass is 9.78. The van der Waals surface area contributed by atoms with Gasteiger partial charge in [-0.3, -0.25) is 0 Å². The van der Waals surface area contributed by atoms with Crippen molar-refractivity contribution in [1.29, 1.82) is 0 Å². The monoisotopic (exact) mass is 752 g/mol. The zero-order valence-electron chi connectivity index (χ0n) is 33.0. The van der Waals surface area contributed by atoms with Gasteiger partial charge < -0.3 is 0 Å².